The molecule has 1 aromatic carbocycles. The fourth-order valence-electron chi connectivity index (χ4n) is 1.81. The highest BCUT2D eigenvalue weighted by Crippen LogP contribution is 2.24. The third kappa shape index (κ3) is 4.03. The van der Waals surface area contributed by atoms with Crippen LogP contribution in [-0.2, 0) is 4.74 Å². The van der Waals surface area contributed by atoms with Gasteiger partial charge in [0, 0.05) is 6.20 Å². The minimum atomic E-state index is -0.715. The summed E-state index contributed by atoms with van der Waals surface area (Å²) in [5, 5.41) is 0. The Morgan fingerprint density at radius 2 is 1.87 bits per heavy atom. The van der Waals surface area contributed by atoms with Crippen molar-refractivity contribution in [1.82, 2.24) is 9.97 Å². The Balaban J connectivity index is 2.07. The van der Waals surface area contributed by atoms with E-state index in [9.17, 15) is 9.59 Å². The molecule has 0 saturated carbocycles. The average molecular weight is 316 g/mol. The number of ketones is 1. The second kappa shape index (κ2) is 7.35. The summed E-state index contributed by atoms with van der Waals surface area (Å²) >= 11 is 0. The number of ether oxygens (including phenoxy) is 3. The SMILES string of the molecule is COc1ccc(OC)c(C(=O)COC(=O)c2cnc(C)cn2)c1. The smallest absolute Gasteiger partial charge is 0.358 e. The van der Waals surface area contributed by atoms with Crippen LogP contribution in [-0.4, -0.2) is 42.5 Å². The second-order valence-electron chi connectivity index (χ2n) is 4.61. The molecular formula is C16H16N2O5. The van der Waals surface area contributed by atoms with Crippen LogP contribution in [0.5, 0.6) is 11.5 Å². The number of aromatic nitrogens is 2. The maximum Gasteiger partial charge on any atom is 0.358 e. The molecular weight excluding hydrogens is 300 g/mol. The maximum atomic E-state index is 12.2. The van der Waals surface area contributed by atoms with E-state index < -0.39 is 18.4 Å². The standard InChI is InChI=1S/C16H16N2O5/c1-10-7-18-13(8-17-10)16(20)23-9-14(19)12-6-11(21-2)4-5-15(12)22-3/h4-8H,9H2,1-3H3. The first-order valence-electron chi connectivity index (χ1n) is 6.76. The molecule has 0 aliphatic rings. The van der Waals surface area contributed by atoms with E-state index in [0.29, 0.717) is 17.2 Å². The molecule has 23 heavy (non-hydrogen) atoms. The van der Waals surface area contributed by atoms with E-state index in [1.165, 1.54) is 32.7 Å². The van der Waals surface area contributed by atoms with E-state index in [2.05, 4.69) is 9.97 Å². The normalized spacial score (nSPS) is 10.0. The predicted octanol–water partition coefficient (Wildman–Crippen LogP) is 1.84. The van der Waals surface area contributed by atoms with E-state index in [-0.39, 0.29) is 11.3 Å². The van der Waals surface area contributed by atoms with Crippen LogP contribution in [0.1, 0.15) is 26.5 Å². The molecule has 120 valence electrons. The largest absolute Gasteiger partial charge is 0.497 e. The van der Waals surface area contributed by atoms with Crippen LogP contribution < -0.4 is 9.47 Å². The number of carbonyl (C=O) groups is 2. The summed E-state index contributed by atoms with van der Waals surface area (Å²) in [4.78, 5) is 31.9. The minimum Gasteiger partial charge on any atom is -0.497 e. The number of hydrogen-bond donors (Lipinski definition) is 0. The fraction of sp³-hybridized carbons (Fsp3) is 0.250. The molecule has 0 aliphatic heterocycles. The van der Waals surface area contributed by atoms with Gasteiger partial charge in [-0.15, -0.1) is 0 Å². The lowest BCUT2D eigenvalue weighted by atomic mass is 10.1. The summed E-state index contributed by atoms with van der Waals surface area (Å²) < 4.78 is 15.2. The highest BCUT2D eigenvalue weighted by molar-refractivity contribution is 6.01. The monoisotopic (exact) mass is 316 g/mol. The summed E-state index contributed by atoms with van der Waals surface area (Å²) in [7, 11) is 2.94. The van der Waals surface area contributed by atoms with Gasteiger partial charge in [0.1, 0.15) is 11.5 Å². The number of rotatable bonds is 6. The van der Waals surface area contributed by atoms with Gasteiger partial charge >= 0.3 is 5.97 Å². The van der Waals surface area contributed by atoms with Crippen molar-refractivity contribution in [3.63, 3.8) is 0 Å². The highest BCUT2D eigenvalue weighted by atomic mass is 16.5. The Labute approximate surface area is 133 Å². The molecule has 0 N–H and O–H groups in total. The van der Waals surface area contributed by atoms with E-state index in [1.54, 1.807) is 19.1 Å². The molecule has 0 saturated heterocycles. The van der Waals surface area contributed by atoms with Gasteiger partial charge in [-0.25, -0.2) is 9.78 Å². The Kier molecular flexibility index (Phi) is 5.24. The Morgan fingerprint density at radius 3 is 2.48 bits per heavy atom. The van der Waals surface area contributed by atoms with Gasteiger partial charge in [-0.3, -0.25) is 9.78 Å². The summed E-state index contributed by atoms with van der Waals surface area (Å²) in [6.45, 7) is 1.32. The van der Waals surface area contributed by atoms with Gasteiger partial charge in [0.25, 0.3) is 0 Å². The number of aryl methyl sites for hydroxylation is 1. The molecule has 0 aliphatic carbocycles. The molecule has 2 aromatic rings. The molecule has 2 rings (SSSR count). The molecule has 7 heteroatoms. The number of hydrogen-bond acceptors (Lipinski definition) is 7. The average Bonchev–Trinajstić information content (AvgIpc) is 2.59. The molecule has 0 unspecified atom stereocenters. The van der Waals surface area contributed by atoms with Crippen LogP contribution in [0.4, 0.5) is 0 Å². The Morgan fingerprint density at radius 1 is 1.09 bits per heavy atom. The third-order valence-corrected chi connectivity index (χ3v) is 3.03. The first kappa shape index (κ1) is 16.4. The molecule has 0 amide bonds. The second-order valence-corrected chi connectivity index (χ2v) is 4.61. The summed E-state index contributed by atoms with van der Waals surface area (Å²) in [6, 6.07) is 4.81. The van der Waals surface area contributed by atoms with E-state index in [4.69, 9.17) is 14.2 Å². The van der Waals surface area contributed by atoms with Crippen molar-refractivity contribution < 1.29 is 23.8 Å². The summed E-state index contributed by atoms with van der Waals surface area (Å²) in [6.07, 6.45) is 2.75. The zero-order valence-electron chi connectivity index (χ0n) is 13.0. The lowest BCUT2D eigenvalue weighted by molar-refractivity contribution is 0.0467. The van der Waals surface area contributed by atoms with Gasteiger partial charge in [-0.1, -0.05) is 0 Å². The number of methoxy groups -OCH3 is 2. The quantitative estimate of drug-likeness (QED) is 0.593. The van der Waals surface area contributed by atoms with Crippen molar-refractivity contribution in [3.8, 4) is 11.5 Å². The van der Waals surface area contributed by atoms with Crippen molar-refractivity contribution in [1.29, 1.82) is 0 Å². The van der Waals surface area contributed by atoms with Crippen LogP contribution in [0.3, 0.4) is 0 Å². The number of esters is 1. The first-order valence-corrected chi connectivity index (χ1v) is 6.76. The van der Waals surface area contributed by atoms with Gasteiger partial charge in [0.05, 0.1) is 31.7 Å². The van der Waals surface area contributed by atoms with Crippen molar-refractivity contribution in [3.05, 3.63) is 47.5 Å². The lowest BCUT2D eigenvalue weighted by Crippen LogP contribution is -2.16. The van der Waals surface area contributed by atoms with E-state index >= 15 is 0 Å². The zero-order valence-corrected chi connectivity index (χ0v) is 13.0. The number of benzene rings is 1. The first-order chi connectivity index (χ1) is 11.0. The maximum absolute atomic E-state index is 12.2. The van der Waals surface area contributed by atoms with Crippen molar-refractivity contribution in [2.45, 2.75) is 6.92 Å². The molecule has 1 heterocycles. The van der Waals surface area contributed by atoms with Gasteiger partial charge in [-0.2, -0.15) is 0 Å². The highest BCUT2D eigenvalue weighted by Gasteiger charge is 2.17. The van der Waals surface area contributed by atoms with Crippen LogP contribution >= 0.6 is 0 Å². The number of Topliss-reactive ketones (excluding diaryl/α,β-unsaturated/α-hetero) is 1. The summed E-state index contributed by atoms with van der Waals surface area (Å²) in [5.41, 5.74) is 0.995. The van der Waals surface area contributed by atoms with Crippen molar-refractivity contribution in [2.24, 2.45) is 0 Å². The predicted molar refractivity (Wildman–Crippen MR) is 80.9 cm³/mol. The molecule has 0 radical (unpaired) electrons. The van der Waals surface area contributed by atoms with Gasteiger partial charge < -0.3 is 14.2 Å². The van der Waals surface area contributed by atoms with Crippen LogP contribution in [0, 0.1) is 6.92 Å². The van der Waals surface area contributed by atoms with Crippen molar-refractivity contribution >= 4 is 11.8 Å². The lowest BCUT2D eigenvalue weighted by Gasteiger charge is -2.10. The van der Waals surface area contributed by atoms with Gasteiger partial charge in [-0.05, 0) is 25.1 Å². The third-order valence-electron chi connectivity index (χ3n) is 3.03. The summed E-state index contributed by atoms with van der Waals surface area (Å²) in [5.74, 6) is -0.242. The van der Waals surface area contributed by atoms with Gasteiger partial charge in [0.15, 0.2) is 12.3 Å². The van der Waals surface area contributed by atoms with Crippen LogP contribution in [0.2, 0.25) is 0 Å². The van der Waals surface area contributed by atoms with E-state index in [1.807, 2.05) is 0 Å². The zero-order chi connectivity index (χ0) is 16.8. The molecule has 0 bridgehead atoms. The van der Waals surface area contributed by atoms with Crippen LogP contribution in [0.25, 0.3) is 0 Å². The molecule has 0 fully saturated rings. The number of nitrogens with zero attached hydrogens (tertiary/aromatic N) is 2. The Hall–Kier alpha value is -2.96. The minimum absolute atomic E-state index is 0.0426. The topological polar surface area (TPSA) is 87.6 Å². The molecule has 7 nitrogen and oxygen atoms in total. The van der Waals surface area contributed by atoms with Gasteiger partial charge in [0.2, 0.25) is 5.78 Å². The molecule has 0 spiro atoms. The van der Waals surface area contributed by atoms with Crippen LogP contribution in [0.15, 0.2) is 30.6 Å². The fourth-order valence-corrected chi connectivity index (χ4v) is 1.81. The molecule has 1 aromatic heterocycles. The van der Waals surface area contributed by atoms with Crippen molar-refractivity contribution in [2.75, 3.05) is 20.8 Å². The number of carbonyl (C=O) groups excluding carboxylic acids is 2. The molecule has 0 atom stereocenters. The van der Waals surface area contributed by atoms with E-state index in [0.717, 1.165) is 0 Å². The Bertz CT molecular complexity index is 713.